The van der Waals surface area contributed by atoms with Crippen LogP contribution in [0.5, 0.6) is 0 Å². The van der Waals surface area contributed by atoms with Gasteiger partial charge in [-0.05, 0) is 0 Å². The van der Waals surface area contributed by atoms with Crippen LogP contribution in [0.15, 0.2) is 17.5 Å². The van der Waals surface area contributed by atoms with Gasteiger partial charge in [-0.3, -0.25) is 0 Å². The lowest BCUT2D eigenvalue weighted by molar-refractivity contribution is 0.0691. The first-order valence-electron chi connectivity index (χ1n) is 4.58. The van der Waals surface area contributed by atoms with Crippen LogP contribution in [0.3, 0.4) is 0 Å². The summed E-state index contributed by atoms with van der Waals surface area (Å²) in [5.74, 6) is -4.80. The molecular weight excluding hydrogens is 269 g/mol. The first kappa shape index (κ1) is 12.4. The highest BCUT2D eigenvalue weighted by molar-refractivity contribution is 7.14. The van der Waals surface area contributed by atoms with Crippen LogP contribution in [-0.4, -0.2) is 16.1 Å². The number of hydrogen-bond acceptors (Lipinski definition) is 4. The zero-order valence-electron chi connectivity index (χ0n) is 8.58. The summed E-state index contributed by atoms with van der Waals surface area (Å²) in [7, 11) is 0. The predicted octanol–water partition coefficient (Wildman–Crippen LogP) is 3.00. The molecule has 0 amide bonds. The average Bonchev–Trinajstić information content (AvgIpc) is 2.74. The molecule has 0 fully saturated rings. The van der Waals surface area contributed by atoms with E-state index in [4.69, 9.17) is 5.11 Å². The fourth-order valence-corrected chi connectivity index (χ4v) is 1.89. The van der Waals surface area contributed by atoms with E-state index in [1.807, 2.05) is 0 Å². The van der Waals surface area contributed by atoms with Crippen molar-refractivity contribution < 1.29 is 23.1 Å². The molecule has 0 atom stereocenters. The summed E-state index contributed by atoms with van der Waals surface area (Å²) >= 11 is 0.879. The van der Waals surface area contributed by atoms with Crippen LogP contribution in [0.25, 0.3) is 0 Å². The molecule has 0 radical (unpaired) electrons. The summed E-state index contributed by atoms with van der Waals surface area (Å²) in [5, 5.41) is 12.2. The van der Waals surface area contributed by atoms with Crippen molar-refractivity contribution in [1.29, 1.82) is 0 Å². The fourth-order valence-electron chi connectivity index (χ4n) is 1.19. The van der Waals surface area contributed by atoms with Gasteiger partial charge >= 0.3 is 5.97 Å². The smallest absolute Gasteiger partial charge is 0.355 e. The predicted molar refractivity (Wildman–Crippen MR) is 58.7 cm³/mol. The van der Waals surface area contributed by atoms with Crippen molar-refractivity contribution in [3.8, 4) is 0 Å². The molecule has 0 unspecified atom stereocenters. The zero-order valence-corrected chi connectivity index (χ0v) is 9.39. The lowest BCUT2D eigenvalue weighted by Gasteiger charge is -2.04. The van der Waals surface area contributed by atoms with Crippen LogP contribution >= 0.6 is 11.3 Å². The molecule has 1 aromatic heterocycles. The molecule has 2 rings (SSSR count). The third kappa shape index (κ3) is 2.43. The molecule has 0 aliphatic carbocycles. The first-order valence-corrected chi connectivity index (χ1v) is 5.45. The van der Waals surface area contributed by atoms with Crippen molar-refractivity contribution in [2.24, 2.45) is 0 Å². The van der Waals surface area contributed by atoms with E-state index in [0.29, 0.717) is 6.07 Å². The summed E-state index contributed by atoms with van der Waals surface area (Å²) in [6.45, 7) is 0. The minimum absolute atomic E-state index is 0.0244. The number of aromatic carboxylic acids is 1. The van der Waals surface area contributed by atoms with E-state index in [-0.39, 0.29) is 10.8 Å². The van der Waals surface area contributed by atoms with Crippen LogP contribution in [0.2, 0.25) is 0 Å². The zero-order chi connectivity index (χ0) is 13.3. The highest BCUT2D eigenvalue weighted by Gasteiger charge is 2.14. The van der Waals surface area contributed by atoms with Gasteiger partial charge in [0.25, 0.3) is 0 Å². The third-order valence-corrected chi connectivity index (χ3v) is 2.72. The Hall–Kier alpha value is -2.09. The Morgan fingerprint density at radius 2 is 2.06 bits per heavy atom. The number of anilines is 2. The standard InChI is InChI=1S/C10H5F3N2O2S/c11-4-1-5(12)8(13)6(2-4)14-10-15-7(3-18-10)9(16)17/h1-3H,(H,14,15)(H,16,17). The molecular formula is C10H5F3N2O2S. The van der Waals surface area contributed by atoms with Gasteiger partial charge in [-0.2, -0.15) is 0 Å². The van der Waals surface area contributed by atoms with E-state index in [0.717, 1.165) is 17.4 Å². The summed E-state index contributed by atoms with van der Waals surface area (Å²) in [6, 6.07) is 1.16. The molecule has 1 heterocycles. The van der Waals surface area contributed by atoms with Crippen LogP contribution in [0.1, 0.15) is 10.5 Å². The molecule has 18 heavy (non-hydrogen) atoms. The van der Waals surface area contributed by atoms with E-state index >= 15 is 0 Å². The number of nitrogens with zero attached hydrogens (tertiary/aromatic N) is 1. The first-order chi connectivity index (χ1) is 8.47. The third-order valence-electron chi connectivity index (χ3n) is 1.96. The molecule has 8 heteroatoms. The number of carbonyl (C=O) groups is 1. The molecule has 4 nitrogen and oxygen atoms in total. The summed E-state index contributed by atoms with van der Waals surface area (Å²) in [4.78, 5) is 14.2. The quantitative estimate of drug-likeness (QED) is 0.844. The second kappa shape index (κ2) is 4.65. The monoisotopic (exact) mass is 274 g/mol. The van der Waals surface area contributed by atoms with Crippen molar-refractivity contribution in [1.82, 2.24) is 4.98 Å². The molecule has 0 aliphatic rings. The summed E-state index contributed by atoms with van der Waals surface area (Å²) in [5.41, 5.74) is -0.682. The molecule has 1 aromatic carbocycles. The average molecular weight is 274 g/mol. The fraction of sp³-hybridized carbons (Fsp3) is 0. The number of hydrogen-bond donors (Lipinski definition) is 2. The molecule has 0 bridgehead atoms. The van der Waals surface area contributed by atoms with Gasteiger partial charge in [-0.25, -0.2) is 22.9 Å². The van der Waals surface area contributed by atoms with E-state index in [1.165, 1.54) is 5.38 Å². The van der Waals surface area contributed by atoms with Crippen molar-refractivity contribution in [3.05, 3.63) is 40.7 Å². The molecule has 2 N–H and O–H groups in total. The Labute approximate surface area is 103 Å². The second-order valence-electron chi connectivity index (χ2n) is 3.22. The lowest BCUT2D eigenvalue weighted by atomic mass is 10.3. The van der Waals surface area contributed by atoms with Crippen molar-refractivity contribution in [2.45, 2.75) is 0 Å². The Morgan fingerprint density at radius 3 is 2.67 bits per heavy atom. The number of nitrogens with one attached hydrogen (secondary N) is 1. The van der Waals surface area contributed by atoms with Gasteiger partial charge in [0.1, 0.15) is 5.82 Å². The summed E-state index contributed by atoms with van der Waals surface area (Å²) < 4.78 is 39.1. The number of rotatable bonds is 3. The highest BCUT2D eigenvalue weighted by Crippen LogP contribution is 2.25. The van der Waals surface area contributed by atoms with Gasteiger partial charge in [-0.1, -0.05) is 0 Å². The molecule has 0 aliphatic heterocycles. The number of halogens is 3. The van der Waals surface area contributed by atoms with Crippen molar-refractivity contribution in [3.63, 3.8) is 0 Å². The van der Waals surface area contributed by atoms with Crippen molar-refractivity contribution in [2.75, 3.05) is 5.32 Å². The van der Waals surface area contributed by atoms with Gasteiger partial charge < -0.3 is 10.4 Å². The van der Waals surface area contributed by atoms with Crippen molar-refractivity contribution >= 4 is 28.1 Å². The maximum atomic E-state index is 13.3. The molecule has 0 saturated carbocycles. The van der Waals surface area contributed by atoms with Crippen LogP contribution < -0.4 is 5.32 Å². The van der Waals surface area contributed by atoms with E-state index < -0.39 is 29.1 Å². The van der Waals surface area contributed by atoms with Gasteiger partial charge in [-0.15, -0.1) is 11.3 Å². The largest absolute Gasteiger partial charge is 0.476 e. The lowest BCUT2D eigenvalue weighted by Crippen LogP contribution is -1.99. The van der Waals surface area contributed by atoms with Crippen LogP contribution in [-0.2, 0) is 0 Å². The number of carboxylic acids is 1. The maximum Gasteiger partial charge on any atom is 0.355 e. The Morgan fingerprint density at radius 1 is 1.33 bits per heavy atom. The van der Waals surface area contributed by atoms with Gasteiger partial charge in [0, 0.05) is 17.5 Å². The minimum atomic E-state index is -1.34. The minimum Gasteiger partial charge on any atom is -0.476 e. The van der Waals surface area contributed by atoms with Gasteiger partial charge in [0.2, 0.25) is 0 Å². The second-order valence-corrected chi connectivity index (χ2v) is 4.08. The Balaban J connectivity index is 2.30. The number of thiazole rings is 1. The number of carboxylic acid groups (broad SMARTS) is 1. The van der Waals surface area contributed by atoms with Gasteiger partial charge in [0.15, 0.2) is 22.5 Å². The number of benzene rings is 1. The topological polar surface area (TPSA) is 62.2 Å². The highest BCUT2D eigenvalue weighted by atomic mass is 32.1. The molecule has 2 aromatic rings. The molecule has 0 saturated heterocycles. The van der Waals surface area contributed by atoms with Crippen LogP contribution in [0, 0.1) is 17.5 Å². The number of aromatic nitrogens is 1. The summed E-state index contributed by atoms with van der Waals surface area (Å²) in [6.07, 6.45) is 0. The van der Waals surface area contributed by atoms with Gasteiger partial charge in [0.05, 0.1) is 5.69 Å². The maximum absolute atomic E-state index is 13.3. The van der Waals surface area contributed by atoms with E-state index in [1.54, 1.807) is 0 Å². The van der Waals surface area contributed by atoms with E-state index in [9.17, 15) is 18.0 Å². The SMILES string of the molecule is O=C(O)c1csc(Nc2cc(F)cc(F)c2F)n1. The molecule has 0 spiro atoms. The molecule has 94 valence electrons. The Kier molecular flexibility index (Phi) is 3.19. The van der Waals surface area contributed by atoms with Crippen LogP contribution in [0.4, 0.5) is 24.0 Å². The van der Waals surface area contributed by atoms with E-state index in [2.05, 4.69) is 10.3 Å². The Bertz CT molecular complexity index is 615. The normalized spacial score (nSPS) is 10.4.